The Kier molecular flexibility index (Phi) is 6.60. The highest BCUT2D eigenvalue weighted by atomic mass is 32.1. The SMILES string of the molecule is O=C(CCc1nnc(-c2ccsc2)o1)N1CCN(C(c2ccccc2)c2ccccc2)CC1. The lowest BCUT2D eigenvalue weighted by molar-refractivity contribution is -0.133. The van der Waals surface area contributed by atoms with Gasteiger partial charge in [0.25, 0.3) is 0 Å². The number of carbonyl (C=O) groups excluding carboxylic acids is 1. The molecule has 33 heavy (non-hydrogen) atoms. The maximum Gasteiger partial charge on any atom is 0.248 e. The van der Waals surface area contributed by atoms with Crippen LogP contribution < -0.4 is 0 Å². The molecule has 1 amide bonds. The van der Waals surface area contributed by atoms with E-state index >= 15 is 0 Å². The van der Waals surface area contributed by atoms with Crippen LogP contribution in [0.25, 0.3) is 11.5 Å². The molecule has 0 spiro atoms. The topological polar surface area (TPSA) is 62.5 Å². The minimum Gasteiger partial charge on any atom is -0.421 e. The summed E-state index contributed by atoms with van der Waals surface area (Å²) in [6.45, 7) is 3.12. The van der Waals surface area contributed by atoms with Crippen LogP contribution in [0.5, 0.6) is 0 Å². The molecule has 0 atom stereocenters. The monoisotopic (exact) mass is 458 g/mol. The van der Waals surface area contributed by atoms with E-state index in [0.717, 1.165) is 31.7 Å². The highest BCUT2D eigenvalue weighted by molar-refractivity contribution is 7.08. The number of carbonyl (C=O) groups is 1. The molecular weight excluding hydrogens is 432 g/mol. The molecule has 1 aliphatic heterocycles. The van der Waals surface area contributed by atoms with Gasteiger partial charge in [-0.25, -0.2) is 0 Å². The van der Waals surface area contributed by atoms with E-state index in [4.69, 9.17) is 4.42 Å². The molecule has 168 valence electrons. The standard InChI is InChI=1S/C26H26N4O2S/c31-24(12-11-23-27-28-26(32-23)22-13-18-33-19-22)29-14-16-30(17-15-29)25(20-7-3-1-4-8-20)21-9-5-2-6-10-21/h1-10,13,18-19,25H,11-12,14-17H2. The molecule has 7 heteroatoms. The molecule has 3 heterocycles. The van der Waals surface area contributed by atoms with Crippen molar-refractivity contribution in [3.8, 4) is 11.5 Å². The molecule has 0 N–H and O–H groups in total. The molecule has 2 aromatic carbocycles. The smallest absolute Gasteiger partial charge is 0.248 e. The molecule has 4 aromatic rings. The lowest BCUT2D eigenvalue weighted by atomic mass is 9.96. The Labute approximate surface area is 197 Å². The van der Waals surface area contributed by atoms with E-state index in [-0.39, 0.29) is 11.9 Å². The highest BCUT2D eigenvalue weighted by Gasteiger charge is 2.28. The number of thiophene rings is 1. The second-order valence-electron chi connectivity index (χ2n) is 8.15. The lowest BCUT2D eigenvalue weighted by Gasteiger charge is -2.39. The molecule has 0 saturated carbocycles. The first-order chi connectivity index (χ1) is 16.3. The summed E-state index contributed by atoms with van der Waals surface area (Å²) in [7, 11) is 0. The van der Waals surface area contributed by atoms with Crippen LogP contribution in [0.4, 0.5) is 0 Å². The average molecular weight is 459 g/mol. The predicted octanol–water partition coefficient (Wildman–Crippen LogP) is 4.66. The molecule has 2 aromatic heterocycles. The van der Waals surface area contributed by atoms with Crippen LogP contribution in [-0.2, 0) is 11.2 Å². The summed E-state index contributed by atoms with van der Waals surface area (Å²) in [4.78, 5) is 17.3. The van der Waals surface area contributed by atoms with Gasteiger partial charge in [0.2, 0.25) is 17.7 Å². The number of aromatic nitrogens is 2. The molecule has 0 bridgehead atoms. The summed E-state index contributed by atoms with van der Waals surface area (Å²) in [6, 6.07) is 23.3. The fraction of sp³-hybridized carbons (Fsp3) is 0.269. The van der Waals surface area contributed by atoms with Gasteiger partial charge in [0, 0.05) is 50.0 Å². The van der Waals surface area contributed by atoms with E-state index in [1.165, 1.54) is 11.1 Å². The van der Waals surface area contributed by atoms with Crippen LogP contribution in [0.2, 0.25) is 0 Å². The van der Waals surface area contributed by atoms with Crippen molar-refractivity contribution in [2.24, 2.45) is 0 Å². The minimum atomic E-state index is 0.140. The maximum absolute atomic E-state index is 12.8. The molecule has 1 aliphatic rings. The van der Waals surface area contributed by atoms with Gasteiger partial charge in [-0.05, 0) is 22.6 Å². The van der Waals surface area contributed by atoms with Crippen LogP contribution in [-0.4, -0.2) is 52.1 Å². The van der Waals surface area contributed by atoms with Gasteiger partial charge in [-0.3, -0.25) is 9.69 Å². The van der Waals surface area contributed by atoms with Gasteiger partial charge in [-0.1, -0.05) is 60.7 Å². The van der Waals surface area contributed by atoms with E-state index in [1.807, 2.05) is 21.7 Å². The fourth-order valence-electron chi connectivity index (χ4n) is 4.34. The summed E-state index contributed by atoms with van der Waals surface area (Å²) in [6.07, 6.45) is 0.846. The molecule has 1 fully saturated rings. The number of rotatable bonds is 7. The molecule has 0 radical (unpaired) electrons. The Bertz CT molecular complexity index is 1110. The molecule has 1 saturated heterocycles. The van der Waals surface area contributed by atoms with Crippen molar-refractivity contribution in [1.82, 2.24) is 20.0 Å². The predicted molar refractivity (Wildman–Crippen MR) is 129 cm³/mol. The second-order valence-corrected chi connectivity index (χ2v) is 8.93. The zero-order chi connectivity index (χ0) is 22.5. The van der Waals surface area contributed by atoms with Crippen LogP contribution in [0.15, 0.2) is 81.9 Å². The first kappa shape index (κ1) is 21.6. The van der Waals surface area contributed by atoms with Gasteiger partial charge in [-0.2, -0.15) is 11.3 Å². The fourth-order valence-corrected chi connectivity index (χ4v) is 4.97. The van der Waals surface area contributed by atoms with Crippen molar-refractivity contribution in [3.63, 3.8) is 0 Å². The Morgan fingerprint density at radius 3 is 2.18 bits per heavy atom. The van der Waals surface area contributed by atoms with Crippen LogP contribution >= 0.6 is 11.3 Å². The number of nitrogens with zero attached hydrogens (tertiary/aromatic N) is 4. The van der Waals surface area contributed by atoms with Crippen molar-refractivity contribution in [1.29, 1.82) is 0 Å². The van der Waals surface area contributed by atoms with E-state index in [2.05, 4.69) is 75.8 Å². The van der Waals surface area contributed by atoms with Crippen molar-refractivity contribution >= 4 is 17.2 Å². The first-order valence-corrected chi connectivity index (χ1v) is 12.2. The number of piperazine rings is 1. The Hall–Kier alpha value is -3.29. The van der Waals surface area contributed by atoms with Gasteiger partial charge in [0.1, 0.15) is 0 Å². The highest BCUT2D eigenvalue weighted by Crippen LogP contribution is 2.29. The summed E-state index contributed by atoms with van der Waals surface area (Å²) in [5, 5.41) is 12.1. The van der Waals surface area contributed by atoms with Gasteiger partial charge < -0.3 is 9.32 Å². The van der Waals surface area contributed by atoms with Crippen molar-refractivity contribution in [2.45, 2.75) is 18.9 Å². The quantitative estimate of drug-likeness (QED) is 0.403. The normalized spacial score (nSPS) is 14.6. The third-order valence-electron chi connectivity index (χ3n) is 6.05. The number of hydrogen-bond acceptors (Lipinski definition) is 6. The average Bonchev–Trinajstić information content (AvgIpc) is 3.57. The van der Waals surface area contributed by atoms with Crippen molar-refractivity contribution in [3.05, 3.63) is 94.5 Å². The van der Waals surface area contributed by atoms with Gasteiger partial charge in [-0.15, -0.1) is 10.2 Å². The summed E-state index contributed by atoms with van der Waals surface area (Å²) >= 11 is 1.59. The Morgan fingerprint density at radius 1 is 0.909 bits per heavy atom. The third kappa shape index (κ3) is 5.05. The summed E-state index contributed by atoms with van der Waals surface area (Å²) in [5.41, 5.74) is 3.48. The van der Waals surface area contributed by atoms with E-state index in [1.54, 1.807) is 11.3 Å². The zero-order valence-corrected chi connectivity index (χ0v) is 19.2. The molecule has 0 aliphatic carbocycles. The van der Waals surface area contributed by atoms with E-state index < -0.39 is 0 Å². The number of benzene rings is 2. The second kappa shape index (κ2) is 10.1. The van der Waals surface area contributed by atoms with Gasteiger partial charge in [0.15, 0.2) is 0 Å². The Balaban J connectivity index is 1.19. The van der Waals surface area contributed by atoms with Crippen molar-refractivity contribution < 1.29 is 9.21 Å². The first-order valence-electron chi connectivity index (χ1n) is 11.2. The van der Waals surface area contributed by atoms with Crippen LogP contribution in [0.1, 0.15) is 29.5 Å². The van der Waals surface area contributed by atoms with Crippen LogP contribution in [0, 0.1) is 0 Å². The van der Waals surface area contributed by atoms with Gasteiger partial charge in [0.05, 0.1) is 6.04 Å². The van der Waals surface area contributed by atoms with E-state index in [9.17, 15) is 4.79 Å². The Morgan fingerprint density at radius 2 is 1.58 bits per heavy atom. The van der Waals surface area contributed by atoms with Crippen LogP contribution in [0.3, 0.4) is 0 Å². The molecule has 0 unspecified atom stereocenters. The largest absolute Gasteiger partial charge is 0.421 e. The molecule has 6 nitrogen and oxygen atoms in total. The van der Waals surface area contributed by atoms with E-state index in [0.29, 0.717) is 24.6 Å². The van der Waals surface area contributed by atoms with Crippen molar-refractivity contribution in [2.75, 3.05) is 26.2 Å². The molecule has 5 rings (SSSR count). The number of hydrogen-bond donors (Lipinski definition) is 0. The van der Waals surface area contributed by atoms with Gasteiger partial charge >= 0.3 is 0 Å². The number of aryl methyl sites for hydroxylation is 1. The molecular formula is C26H26N4O2S. The summed E-state index contributed by atoms with van der Waals surface area (Å²) in [5.74, 6) is 1.16. The third-order valence-corrected chi connectivity index (χ3v) is 6.73. The number of amides is 1. The minimum absolute atomic E-state index is 0.140. The zero-order valence-electron chi connectivity index (χ0n) is 18.3. The lowest BCUT2D eigenvalue weighted by Crippen LogP contribution is -2.49. The maximum atomic E-state index is 12.8. The summed E-state index contributed by atoms with van der Waals surface area (Å²) < 4.78 is 5.72.